The maximum Gasteiger partial charge on any atom is 0.126 e. The minimum atomic E-state index is -0.441. The zero-order valence-corrected chi connectivity index (χ0v) is 11.9. The first kappa shape index (κ1) is 15.6. The standard InChI is InChI=1S/C17H18F3N/c1-2-21-16(9-12-3-5-14(18)6-4-12)11-13-10-15(19)7-8-17(13)20/h3-8,10,16,21H,2,9,11H2,1H3. The van der Waals surface area contributed by atoms with Crippen LogP contribution in [0.25, 0.3) is 0 Å². The van der Waals surface area contributed by atoms with E-state index in [1.54, 1.807) is 12.1 Å². The zero-order chi connectivity index (χ0) is 15.2. The fourth-order valence-corrected chi connectivity index (χ4v) is 2.38. The Hall–Kier alpha value is -1.81. The highest BCUT2D eigenvalue weighted by molar-refractivity contribution is 5.22. The van der Waals surface area contributed by atoms with Crippen molar-refractivity contribution in [3.05, 3.63) is 71.0 Å². The summed E-state index contributed by atoms with van der Waals surface area (Å²) in [7, 11) is 0. The summed E-state index contributed by atoms with van der Waals surface area (Å²) >= 11 is 0. The van der Waals surface area contributed by atoms with Crippen molar-refractivity contribution in [3.63, 3.8) is 0 Å². The summed E-state index contributed by atoms with van der Waals surface area (Å²) in [4.78, 5) is 0. The summed E-state index contributed by atoms with van der Waals surface area (Å²) in [6.45, 7) is 2.68. The Morgan fingerprint density at radius 3 is 2.24 bits per heavy atom. The van der Waals surface area contributed by atoms with Gasteiger partial charge in [0.25, 0.3) is 0 Å². The third kappa shape index (κ3) is 4.60. The van der Waals surface area contributed by atoms with Gasteiger partial charge in [0.2, 0.25) is 0 Å². The van der Waals surface area contributed by atoms with Crippen LogP contribution in [0.1, 0.15) is 18.1 Å². The number of hydrogen-bond donors (Lipinski definition) is 1. The quantitative estimate of drug-likeness (QED) is 0.852. The van der Waals surface area contributed by atoms with Crippen LogP contribution in [0, 0.1) is 17.5 Å². The Labute approximate surface area is 122 Å². The fraction of sp³-hybridized carbons (Fsp3) is 0.294. The second kappa shape index (κ2) is 7.27. The van der Waals surface area contributed by atoms with Crippen LogP contribution in [0.3, 0.4) is 0 Å². The summed E-state index contributed by atoms with van der Waals surface area (Å²) in [5, 5.41) is 3.26. The molecule has 1 atom stereocenters. The third-order valence-electron chi connectivity index (χ3n) is 3.36. The van der Waals surface area contributed by atoms with E-state index >= 15 is 0 Å². The van der Waals surface area contributed by atoms with Crippen LogP contribution in [-0.4, -0.2) is 12.6 Å². The monoisotopic (exact) mass is 293 g/mol. The SMILES string of the molecule is CCNC(Cc1ccc(F)cc1)Cc1cc(F)ccc1F. The highest BCUT2D eigenvalue weighted by Gasteiger charge is 2.13. The molecule has 2 aromatic carbocycles. The van der Waals surface area contributed by atoms with Crippen molar-refractivity contribution in [1.29, 1.82) is 0 Å². The molecule has 1 unspecified atom stereocenters. The summed E-state index contributed by atoms with van der Waals surface area (Å²) in [6.07, 6.45) is 1.01. The van der Waals surface area contributed by atoms with Gasteiger partial charge in [-0.3, -0.25) is 0 Å². The molecule has 4 heteroatoms. The van der Waals surface area contributed by atoms with E-state index in [0.717, 1.165) is 24.2 Å². The molecule has 0 spiro atoms. The Bertz CT molecular complexity index is 581. The van der Waals surface area contributed by atoms with Gasteiger partial charge in [0, 0.05) is 6.04 Å². The molecule has 1 N–H and O–H groups in total. The van der Waals surface area contributed by atoms with E-state index < -0.39 is 11.6 Å². The van der Waals surface area contributed by atoms with E-state index in [1.165, 1.54) is 18.2 Å². The first-order chi connectivity index (χ1) is 10.1. The van der Waals surface area contributed by atoms with Crippen LogP contribution in [0.2, 0.25) is 0 Å². The van der Waals surface area contributed by atoms with Crippen molar-refractivity contribution in [2.75, 3.05) is 6.54 Å². The molecule has 0 aliphatic carbocycles. The van der Waals surface area contributed by atoms with E-state index in [0.29, 0.717) is 18.4 Å². The minimum Gasteiger partial charge on any atom is -0.314 e. The largest absolute Gasteiger partial charge is 0.314 e. The highest BCUT2D eigenvalue weighted by Crippen LogP contribution is 2.14. The van der Waals surface area contributed by atoms with E-state index in [-0.39, 0.29) is 11.9 Å². The van der Waals surface area contributed by atoms with E-state index in [4.69, 9.17) is 0 Å². The molecule has 0 heterocycles. The number of hydrogen-bond acceptors (Lipinski definition) is 1. The van der Waals surface area contributed by atoms with Crippen molar-refractivity contribution in [2.45, 2.75) is 25.8 Å². The number of rotatable bonds is 6. The van der Waals surface area contributed by atoms with Crippen LogP contribution in [-0.2, 0) is 12.8 Å². The van der Waals surface area contributed by atoms with Crippen LogP contribution in [0.5, 0.6) is 0 Å². The molecule has 0 saturated heterocycles. The molecule has 21 heavy (non-hydrogen) atoms. The number of nitrogens with one attached hydrogen (secondary N) is 1. The average molecular weight is 293 g/mol. The van der Waals surface area contributed by atoms with Crippen molar-refractivity contribution >= 4 is 0 Å². The molecule has 0 aliphatic rings. The van der Waals surface area contributed by atoms with Gasteiger partial charge in [0.15, 0.2) is 0 Å². The number of benzene rings is 2. The molecule has 0 aliphatic heterocycles. The molecule has 112 valence electrons. The molecule has 0 amide bonds. The normalized spacial score (nSPS) is 12.4. The zero-order valence-electron chi connectivity index (χ0n) is 11.9. The average Bonchev–Trinajstić information content (AvgIpc) is 2.45. The molecule has 2 rings (SSSR count). The van der Waals surface area contributed by atoms with Crippen LogP contribution >= 0.6 is 0 Å². The van der Waals surface area contributed by atoms with E-state index in [9.17, 15) is 13.2 Å². The maximum absolute atomic E-state index is 13.7. The van der Waals surface area contributed by atoms with Gasteiger partial charge in [-0.15, -0.1) is 0 Å². The first-order valence-corrected chi connectivity index (χ1v) is 7.00. The minimum absolute atomic E-state index is 0.0308. The Morgan fingerprint density at radius 2 is 1.57 bits per heavy atom. The summed E-state index contributed by atoms with van der Waals surface area (Å²) in [6, 6.07) is 9.68. The Kier molecular flexibility index (Phi) is 5.39. The van der Waals surface area contributed by atoms with Crippen LogP contribution in [0.15, 0.2) is 42.5 Å². The molecule has 0 fully saturated rings. The molecular weight excluding hydrogens is 275 g/mol. The van der Waals surface area contributed by atoms with Crippen molar-refractivity contribution in [1.82, 2.24) is 5.32 Å². The highest BCUT2D eigenvalue weighted by atomic mass is 19.1. The third-order valence-corrected chi connectivity index (χ3v) is 3.36. The van der Waals surface area contributed by atoms with E-state index in [2.05, 4.69) is 5.32 Å². The van der Waals surface area contributed by atoms with Gasteiger partial charge in [-0.25, -0.2) is 13.2 Å². The van der Waals surface area contributed by atoms with Crippen molar-refractivity contribution < 1.29 is 13.2 Å². The van der Waals surface area contributed by atoms with Crippen molar-refractivity contribution in [3.8, 4) is 0 Å². The molecule has 0 radical (unpaired) electrons. The Balaban J connectivity index is 2.11. The molecule has 2 aromatic rings. The fourth-order valence-electron chi connectivity index (χ4n) is 2.38. The molecular formula is C17H18F3N. The van der Waals surface area contributed by atoms with E-state index in [1.807, 2.05) is 6.92 Å². The molecule has 1 nitrogen and oxygen atoms in total. The molecule has 0 saturated carbocycles. The summed E-state index contributed by atoms with van der Waals surface area (Å²) in [5.41, 5.74) is 1.31. The lowest BCUT2D eigenvalue weighted by Crippen LogP contribution is -2.33. The molecule has 0 bridgehead atoms. The second-order valence-electron chi connectivity index (χ2n) is 5.03. The van der Waals surface area contributed by atoms with Gasteiger partial charge < -0.3 is 5.32 Å². The van der Waals surface area contributed by atoms with Gasteiger partial charge in [0.05, 0.1) is 0 Å². The second-order valence-corrected chi connectivity index (χ2v) is 5.03. The summed E-state index contributed by atoms with van der Waals surface area (Å²) in [5.74, 6) is -1.13. The lowest BCUT2D eigenvalue weighted by atomic mass is 9.98. The smallest absolute Gasteiger partial charge is 0.126 e. The van der Waals surface area contributed by atoms with Gasteiger partial charge in [-0.2, -0.15) is 0 Å². The van der Waals surface area contributed by atoms with Gasteiger partial charge in [0.1, 0.15) is 17.5 Å². The topological polar surface area (TPSA) is 12.0 Å². The lowest BCUT2D eigenvalue weighted by molar-refractivity contribution is 0.501. The van der Waals surface area contributed by atoms with Crippen molar-refractivity contribution in [2.24, 2.45) is 0 Å². The summed E-state index contributed by atoms with van der Waals surface area (Å²) < 4.78 is 39.9. The maximum atomic E-state index is 13.7. The van der Waals surface area contributed by atoms with Crippen LogP contribution < -0.4 is 5.32 Å². The van der Waals surface area contributed by atoms with Gasteiger partial charge in [-0.05, 0) is 60.8 Å². The Morgan fingerprint density at radius 1 is 0.905 bits per heavy atom. The van der Waals surface area contributed by atoms with Gasteiger partial charge >= 0.3 is 0 Å². The van der Waals surface area contributed by atoms with Crippen LogP contribution in [0.4, 0.5) is 13.2 Å². The number of halogens is 3. The van der Waals surface area contributed by atoms with Gasteiger partial charge in [-0.1, -0.05) is 19.1 Å². The first-order valence-electron chi connectivity index (χ1n) is 7.00. The molecule has 0 aromatic heterocycles. The lowest BCUT2D eigenvalue weighted by Gasteiger charge is -2.18. The number of likely N-dealkylation sites (N-methyl/N-ethyl adjacent to an activating group) is 1. The predicted molar refractivity (Wildman–Crippen MR) is 77.6 cm³/mol. The predicted octanol–water partition coefficient (Wildman–Crippen LogP) is 3.87.